The van der Waals surface area contributed by atoms with Crippen LogP contribution in [0.15, 0.2) is 36.7 Å². The van der Waals surface area contributed by atoms with Gasteiger partial charge in [-0.2, -0.15) is 0 Å². The summed E-state index contributed by atoms with van der Waals surface area (Å²) in [6.07, 6.45) is 1.41. The molecule has 3 aromatic rings. The second kappa shape index (κ2) is 6.61. The SMILES string of the molecule is CC(C)c1nnc(NC(=O)C(c2ccccc2)n2cnnn2)s1. The molecular formula is C14H15N7OS. The summed E-state index contributed by atoms with van der Waals surface area (Å²) in [5, 5.41) is 23.3. The largest absolute Gasteiger partial charge is 0.298 e. The van der Waals surface area contributed by atoms with E-state index in [-0.39, 0.29) is 11.8 Å². The van der Waals surface area contributed by atoms with E-state index in [1.807, 2.05) is 44.2 Å². The summed E-state index contributed by atoms with van der Waals surface area (Å²) in [5.74, 6) is -0.00227. The number of tetrazole rings is 1. The van der Waals surface area contributed by atoms with E-state index in [0.29, 0.717) is 5.13 Å². The van der Waals surface area contributed by atoms with Crippen LogP contribution in [0.1, 0.15) is 36.4 Å². The Bertz CT molecular complexity index is 770. The first kappa shape index (κ1) is 15.2. The lowest BCUT2D eigenvalue weighted by molar-refractivity contribution is -0.118. The molecule has 118 valence electrons. The molecule has 0 saturated heterocycles. The molecule has 1 amide bonds. The maximum absolute atomic E-state index is 12.7. The Morgan fingerprint density at radius 2 is 2.00 bits per heavy atom. The second-order valence-corrected chi connectivity index (χ2v) is 6.20. The molecule has 0 aliphatic carbocycles. The van der Waals surface area contributed by atoms with Gasteiger partial charge in [0.15, 0.2) is 6.04 Å². The number of carbonyl (C=O) groups excluding carboxylic acids is 1. The maximum atomic E-state index is 12.7. The van der Waals surface area contributed by atoms with E-state index in [2.05, 4.69) is 31.0 Å². The fourth-order valence-corrected chi connectivity index (χ4v) is 2.79. The van der Waals surface area contributed by atoms with E-state index in [4.69, 9.17) is 0 Å². The third-order valence-electron chi connectivity index (χ3n) is 3.16. The molecule has 0 aliphatic heterocycles. The predicted molar refractivity (Wildman–Crippen MR) is 85.0 cm³/mol. The van der Waals surface area contributed by atoms with Crippen LogP contribution in [0.5, 0.6) is 0 Å². The highest BCUT2D eigenvalue weighted by molar-refractivity contribution is 7.15. The van der Waals surface area contributed by atoms with Crippen LogP contribution >= 0.6 is 11.3 Å². The van der Waals surface area contributed by atoms with Crippen molar-refractivity contribution in [1.29, 1.82) is 0 Å². The van der Waals surface area contributed by atoms with Crippen LogP contribution in [-0.4, -0.2) is 36.3 Å². The highest BCUT2D eigenvalue weighted by Crippen LogP contribution is 2.24. The van der Waals surface area contributed by atoms with Crippen molar-refractivity contribution in [3.05, 3.63) is 47.2 Å². The van der Waals surface area contributed by atoms with Crippen molar-refractivity contribution >= 4 is 22.4 Å². The van der Waals surface area contributed by atoms with E-state index in [1.54, 1.807) is 0 Å². The third kappa shape index (κ3) is 3.39. The number of anilines is 1. The normalized spacial score (nSPS) is 12.3. The number of nitrogens with one attached hydrogen (secondary N) is 1. The van der Waals surface area contributed by atoms with Crippen molar-refractivity contribution in [2.75, 3.05) is 5.32 Å². The zero-order valence-electron chi connectivity index (χ0n) is 12.6. The van der Waals surface area contributed by atoms with E-state index in [9.17, 15) is 4.79 Å². The number of rotatable bonds is 5. The van der Waals surface area contributed by atoms with Gasteiger partial charge in [0, 0.05) is 5.92 Å². The van der Waals surface area contributed by atoms with Crippen LogP contribution in [0.3, 0.4) is 0 Å². The average molecular weight is 329 g/mol. The fraction of sp³-hybridized carbons (Fsp3) is 0.286. The lowest BCUT2D eigenvalue weighted by atomic mass is 10.1. The molecule has 0 saturated carbocycles. The van der Waals surface area contributed by atoms with Gasteiger partial charge < -0.3 is 0 Å². The quantitative estimate of drug-likeness (QED) is 0.767. The number of aromatic nitrogens is 6. The second-order valence-electron chi connectivity index (χ2n) is 5.19. The monoisotopic (exact) mass is 329 g/mol. The molecule has 0 bridgehead atoms. The summed E-state index contributed by atoms with van der Waals surface area (Å²) in [6, 6.07) is 8.65. The molecule has 0 fully saturated rings. The standard InChI is InChI=1S/C14H15N7OS/c1-9(2)13-17-18-14(23-13)16-12(22)11(21-8-15-19-20-21)10-6-4-3-5-7-10/h3-9,11H,1-2H3,(H,16,18,22). The van der Waals surface area contributed by atoms with Gasteiger partial charge >= 0.3 is 0 Å². The molecule has 3 rings (SSSR count). The summed E-state index contributed by atoms with van der Waals surface area (Å²) >= 11 is 1.36. The molecule has 1 unspecified atom stereocenters. The predicted octanol–water partition coefficient (Wildman–Crippen LogP) is 1.88. The van der Waals surface area contributed by atoms with Crippen molar-refractivity contribution in [3.63, 3.8) is 0 Å². The van der Waals surface area contributed by atoms with Crippen LogP contribution in [-0.2, 0) is 4.79 Å². The van der Waals surface area contributed by atoms with Gasteiger partial charge in [0.2, 0.25) is 5.13 Å². The van der Waals surface area contributed by atoms with Crippen LogP contribution in [0.25, 0.3) is 0 Å². The minimum absolute atomic E-state index is 0.266. The Morgan fingerprint density at radius 3 is 2.61 bits per heavy atom. The summed E-state index contributed by atoms with van der Waals surface area (Å²) in [7, 11) is 0. The Morgan fingerprint density at radius 1 is 1.22 bits per heavy atom. The Labute approximate surface area is 136 Å². The summed E-state index contributed by atoms with van der Waals surface area (Å²) in [4.78, 5) is 12.7. The highest BCUT2D eigenvalue weighted by Gasteiger charge is 2.25. The molecule has 8 nitrogen and oxygen atoms in total. The van der Waals surface area contributed by atoms with Gasteiger partial charge in [-0.1, -0.05) is 55.5 Å². The molecule has 0 radical (unpaired) electrons. The zero-order valence-corrected chi connectivity index (χ0v) is 13.4. The lowest BCUT2D eigenvalue weighted by Crippen LogP contribution is -2.27. The molecule has 1 atom stereocenters. The van der Waals surface area contributed by atoms with Gasteiger partial charge in [0.1, 0.15) is 11.3 Å². The van der Waals surface area contributed by atoms with Crippen LogP contribution in [0.2, 0.25) is 0 Å². The smallest absolute Gasteiger partial charge is 0.255 e. The molecule has 1 N–H and O–H groups in total. The Kier molecular flexibility index (Phi) is 4.38. The van der Waals surface area contributed by atoms with Gasteiger partial charge in [-0.3, -0.25) is 10.1 Å². The van der Waals surface area contributed by atoms with Crippen LogP contribution in [0, 0.1) is 0 Å². The van der Waals surface area contributed by atoms with E-state index in [0.717, 1.165) is 10.6 Å². The number of carbonyl (C=O) groups is 1. The molecular weight excluding hydrogens is 314 g/mol. The number of hydrogen-bond donors (Lipinski definition) is 1. The van der Waals surface area contributed by atoms with Crippen LogP contribution in [0.4, 0.5) is 5.13 Å². The Balaban J connectivity index is 1.86. The summed E-state index contributed by atoms with van der Waals surface area (Å²) < 4.78 is 1.41. The van der Waals surface area contributed by atoms with E-state index >= 15 is 0 Å². The molecule has 9 heteroatoms. The van der Waals surface area contributed by atoms with Crippen molar-refractivity contribution in [1.82, 2.24) is 30.4 Å². The van der Waals surface area contributed by atoms with Crippen molar-refractivity contribution < 1.29 is 4.79 Å². The number of nitrogens with zero attached hydrogens (tertiary/aromatic N) is 6. The third-order valence-corrected chi connectivity index (χ3v) is 4.30. The molecule has 2 aromatic heterocycles. The van der Waals surface area contributed by atoms with Crippen molar-refractivity contribution in [3.8, 4) is 0 Å². The number of hydrogen-bond acceptors (Lipinski definition) is 7. The molecule has 1 aromatic carbocycles. The minimum Gasteiger partial charge on any atom is -0.298 e. The number of amides is 1. The first-order valence-corrected chi connectivity index (χ1v) is 7.88. The maximum Gasteiger partial charge on any atom is 0.255 e. The van der Waals surface area contributed by atoms with Crippen LogP contribution < -0.4 is 5.32 Å². The van der Waals surface area contributed by atoms with Crippen molar-refractivity contribution in [2.24, 2.45) is 0 Å². The topological polar surface area (TPSA) is 98.5 Å². The Hall–Kier alpha value is -2.68. The minimum atomic E-state index is -0.669. The van der Waals surface area contributed by atoms with Gasteiger partial charge in [0.25, 0.3) is 5.91 Å². The van der Waals surface area contributed by atoms with Gasteiger partial charge in [0.05, 0.1) is 0 Å². The molecule has 0 aliphatic rings. The first-order chi connectivity index (χ1) is 11.1. The average Bonchev–Trinajstić information content (AvgIpc) is 3.20. The lowest BCUT2D eigenvalue weighted by Gasteiger charge is -2.15. The van der Waals surface area contributed by atoms with Crippen molar-refractivity contribution in [2.45, 2.75) is 25.8 Å². The fourth-order valence-electron chi connectivity index (χ4n) is 2.04. The number of benzene rings is 1. The van der Waals surface area contributed by atoms with E-state index in [1.165, 1.54) is 22.3 Å². The molecule has 0 spiro atoms. The highest BCUT2D eigenvalue weighted by atomic mass is 32.1. The zero-order chi connectivity index (χ0) is 16.2. The van der Waals surface area contributed by atoms with E-state index < -0.39 is 6.04 Å². The van der Waals surface area contributed by atoms with Gasteiger partial charge in [-0.15, -0.1) is 15.3 Å². The van der Waals surface area contributed by atoms with Gasteiger partial charge in [-0.05, 0) is 16.0 Å². The molecule has 2 heterocycles. The van der Waals surface area contributed by atoms with Gasteiger partial charge in [-0.25, -0.2) is 4.68 Å². The summed E-state index contributed by atoms with van der Waals surface area (Å²) in [6.45, 7) is 4.06. The molecule has 23 heavy (non-hydrogen) atoms. The first-order valence-electron chi connectivity index (χ1n) is 7.07. The summed E-state index contributed by atoms with van der Waals surface area (Å²) in [5.41, 5.74) is 0.783.